The smallest absolute Gasteiger partial charge is 0.307 e. The van der Waals surface area contributed by atoms with Crippen molar-refractivity contribution >= 4 is 29.0 Å². The highest BCUT2D eigenvalue weighted by molar-refractivity contribution is 7.12. The Hall–Kier alpha value is -2.47. The van der Waals surface area contributed by atoms with Gasteiger partial charge in [0.05, 0.1) is 6.42 Å². The van der Waals surface area contributed by atoms with Crippen molar-refractivity contribution in [1.29, 1.82) is 0 Å². The normalized spacial score (nSPS) is 11.8. The van der Waals surface area contributed by atoms with E-state index in [1.165, 1.54) is 0 Å². The van der Waals surface area contributed by atoms with Gasteiger partial charge in [0.15, 0.2) is 5.78 Å². The third-order valence-corrected chi connectivity index (χ3v) is 4.47. The molecule has 0 radical (unpaired) electrons. The van der Waals surface area contributed by atoms with Gasteiger partial charge in [-0.05, 0) is 19.9 Å². The number of amides is 1. The predicted molar refractivity (Wildman–Crippen MR) is 91.8 cm³/mol. The molecule has 0 aliphatic rings. The molecule has 0 fully saturated rings. The van der Waals surface area contributed by atoms with Gasteiger partial charge >= 0.3 is 5.97 Å². The van der Waals surface area contributed by atoms with Gasteiger partial charge in [-0.3, -0.25) is 14.4 Å². The van der Waals surface area contributed by atoms with Crippen molar-refractivity contribution in [1.82, 2.24) is 0 Å². The quantitative estimate of drug-likeness (QED) is 0.617. The van der Waals surface area contributed by atoms with Crippen molar-refractivity contribution in [3.8, 4) is 0 Å². The van der Waals surface area contributed by atoms with E-state index in [1.54, 1.807) is 41.7 Å². The Morgan fingerprint density at radius 3 is 2.33 bits per heavy atom. The lowest BCUT2D eigenvalue weighted by Crippen LogP contribution is -2.26. The Balaban J connectivity index is 1.95. The van der Waals surface area contributed by atoms with E-state index in [0.29, 0.717) is 11.1 Å². The number of ketones is 1. The second kappa shape index (κ2) is 7.88. The van der Waals surface area contributed by atoms with Crippen LogP contribution in [0.4, 0.5) is 0 Å². The molecule has 24 heavy (non-hydrogen) atoms. The van der Waals surface area contributed by atoms with E-state index in [9.17, 15) is 14.4 Å². The number of nitrogens with two attached hydrogens (primary N) is 1. The van der Waals surface area contributed by atoms with Gasteiger partial charge in [-0.2, -0.15) is 0 Å². The average Bonchev–Trinajstić information content (AvgIpc) is 2.89. The van der Waals surface area contributed by atoms with Gasteiger partial charge < -0.3 is 10.5 Å². The first kappa shape index (κ1) is 17.9. The number of carbonyl (C=O) groups excluding carboxylic acids is 3. The Morgan fingerprint density at radius 1 is 1.12 bits per heavy atom. The minimum atomic E-state index is -1.14. The van der Waals surface area contributed by atoms with Crippen molar-refractivity contribution in [2.75, 3.05) is 0 Å². The lowest BCUT2D eigenvalue weighted by Gasteiger charge is -2.14. The maximum Gasteiger partial charge on any atom is 0.307 e. The molecule has 0 saturated carbocycles. The standard InChI is InChI=1S/C18H19NO4S/c1-11-10-14(12(2)24-11)15(20)8-9-16(21)23-17(18(19)22)13-6-4-3-5-7-13/h3-7,10,17H,8-9H2,1-2H3,(H2,19,22)/t17-/m0/s1. The summed E-state index contributed by atoms with van der Waals surface area (Å²) >= 11 is 1.55. The van der Waals surface area contributed by atoms with Crippen LogP contribution in [0.15, 0.2) is 36.4 Å². The summed E-state index contributed by atoms with van der Waals surface area (Å²) in [7, 11) is 0. The Morgan fingerprint density at radius 2 is 1.79 bits per heavy atom. The maximum atomic E-state index is 12.2. The molecule has 126 valence electrons. The summed E-state index contributed by atoms with van der Waals surface area (Å²) in [6.07, 6.45) is -1.20. The summed E-state index contributed by atoms with van der Waals surface area (Å²) in [5.74, 6) is -1.48. The lowest BCUT2D eigenvalue weighted by molar-refractivity contribution is -0.155. The highest BCUT2D eigenvalue weighted by atomic mass is 32.1. The van der Waals surface area contributed by atoms with Crippen LogP contribution in [-0.4, -0.2) is 17.7 Å². The van der Waals surface area contributed by atoms with Gasteiger partial charge in [-0.15, -0.1) is 11.3 Å². The second-order valence-electron chi connectivity index (χ2n) is 5.43. The highest BCUT2D eigenvalue weighted by Crippen LogP contribution is 2.23. The molecule has 0 spiro atoms. The molecule has 5 nitrogen and oxygen atoms in total. The van der Waals surface area contributed by atoms with E-state index in [2.05, 4.69) is 0 Å². The number of carbonyl (C=O) groups is 3. The van der Waals surface area contributed by atoms with E-state index in [-0.39, 0.29) is 18.6 Å². The van der Waals surface area contributed by atoms with Crippen LogP contribution in [0.2, 0.25) is 0 Å². The van der Waals surface area contributed by atoms with Crippen molar-refractivity contribution in [3.63, 3.8) is 0 Å². The zero-order valence-corrected chi connectivity index (χ0v) is 14.4. The molecule has 0 aliphatic carbocycles. The van der Waals surface area contributed by atoms with Crippen LogP contribution in [0.25, 0.3) is 0 Å². The molecule has 1 aromatic heterocycles. The summed E-state index contributed by atoms with van der Waals surface area (Å²) in [4.78, 5) is 37.7. The average molecular weight is 345 g/mol. The summed E-state index contributed by atoms with van der Waals surface area (Å²) in [5, 5.41) is 0. The molecule has 1 atom stereocenters. The predicted octanol–water partition coefficient (Wildman–Crippen LogP) is 3.10. The highest BCUT2D eigenvalue weighted by Gasteiger charge is 2.23. The number of thiophene rings is 1. The summed E-state index contributed by atoms with van der Waals surface area (Å²) in [6, 6.07) is 10.4. The van der Waals surface area contributed by atoms with Gasteiger partial charge in [0.2, 0.25) is 6.10 Å². The van der Waals surface area contributed by atoms with Gasteiger partial charge in [0.25, 0.3) is 5.91 Å². The number of ether oxygens (including phenoxy) is 1. The molecular formula is C18H19NO4S. The van der Waals surface area contributed by atoms with Crippen LogP contribution >= 0.6 is 11.3 Å². The number of hydrogen-bond donors (Lipinski definition) is 1. The minimum Gasteiger partial charge on any atom is -0.447 e. The van der Waals surface area contributed by atoms with Crippen molar-refractivity contribution in [2.45, 2.75) is 32.8 Å². The van der Waals surface area contributed by atoms with Crippen LogP contribution in [-0.2, 0) is 14.3 Å². The number of aryl methyl sites for hydroxylation is 2. The molecule has 1 aromatic carbocycles. The molecule has 2 aromatic rings. The van der Waals surface area contributed by atoms with Crippen molar-refractivity contribution < 1.29 is 19.1 Å². The Labute approximate surface area is 144 Å². The zero-order chi connectivity index (χ0) is 17.7. The molecule has 0 bridgehead atoms. The van der Waals surface area contributed by atoms with Crippen LogP contribution in [0.5, 0.6) is 0 Å². The Kier molecular flexibility index (Phi) is 5.87. The number of primary amides is 1. The van der Waals surface area contributed by atoms with E-state index in [4.69, 9.17) is 10.5 Å². The number of benzene rings is 1. The van der Waals surface area contributed by atoms with E-state index in [0.717, 1.165) is 9.75 Å². The van der Waals surface area contributed by atoms with Crippen molar-refractivity contribution in [3.05, 3.63) is 57.3 Å². The second-order valence-corrected chi connectivity index (χ2v) is 6.89. The molecule has 0 saturated heterocycles. The molecule has 0 unspecified atom stereocenters. The fourth-order valence-electron chi connectivity index (χ4n) is 2.37. The summed E-state index contributed by atoms with van der Waals surface area (Å²) in [6.45, 7) is 3.81. The van der Waals surface area contributed by atoms with Crippen LogP contribution in [0, 0.1) is 13.8 Å². The number of rotatable bonds is 7. The largest absolute Gasteiger partial charge is 0.447 e. The molecule has 2 N–H and O–H groups in total. The SMILES string of the molecule is Cc1cc(C(=O)CCC(=O)O[C@H](C(N)=O)c2ccccc2)c(C)s1. The van der Waals surface area contributed by atoms with E-state index in [1.807, 2.05) is 19.9 Å². The molecule has 0 aliphatic heterocycles. The molecular weight excluding hydrogens is 326 g/mol. The first-order valence-corrected chi connectivity index (χ1v) is 8.34. The zero-order valence-electron chi connectivity index (χ0n) is 13.6. The fraction of sp³-hybridized carbons (Fsp3) is 0.278. The molecule has 2 rings (SSSR count). The summed E-state index contributed by atoms with van der Waals surface area (Å²) < 4.78 is 5.16. The lowest BCUT2D eigenvalue weighted by atomic mass is 10.1. The van der Waals surface area contributed by atoms with Crippen molar-refractivity contribution in [2.24, 2.45) is 5.73 Å². The first-order chi connectivity index (χ1) is 11.4. The number of hydrogen-bond acceptors (Lipinski definition) is 5. The van der Waals surface area contributed by atoms with Crippen LogP contribution in [0.3, 0.4) is 0 Å². The molecule has 1 heterocycles. The van der Waals surface area contributed by atoms with E-state index < -0.39 is 18.0 Å². The molecule has 6 heteroatoms. The maximum absolute atomic E-state index is 12.2. The third kappa shape index (κ3) is 4.52. The van der Waals surface area contributed by atoms with Crippen LogP contribution in [0.1, 0.15) is 44.6 Å². The Bertz CT molecular complexity index is 752. The summed E-state index contributed by atoms with van der Waals surface area (Å²) in [5.41, 5.74) is 6.45. The monoisotopic (exact) mass is 345 g/mol. The third-order valence-electron chi connectivity index (χ3n) is 3.51. The van der Waals surface area contributed by atoms with Crippen LogP contribution < -0.4 is 5.73 Å². The van der Waals surface area contributed by atoms with Gasteiger partial charge in [0, 0.05) is 27.3 Å². The minimum absolute atomic E-state index is 0.0378. The number of Topliss-reactive ketones (excluding diaryl/α,β-unsaturated/α-hetero) is 1. The fourth-order valence-corrected chi connectivity index (χ4v) is 3.31. The molecule has 1 amide bonds. The first-order valence-electron chi connectivity index (χ1n) is 7.52. The topological polar surface area (TPSA) is 86.5 Å². The van der Waals surface area contributed by atoms with Gasteiger partial charge in [0.1, 0.15) is 0 Å². The number of esters is 1. The van der Waals surface area contributed by atoms with E-state index >= 15 is 0 Å². The van der Waals surface area contributed by atoms with Gasteiger partial charge in [-0.1, -0.05) is 30.3 Å². The van der Waals surface area contributed by atoms with Gasteiger partial charge in [-0.25, -0.2) is 0 Å².